The maximum atomic E-state index is 8.78. The molecule has 0 aliphatic heterocycles. The van der Waals surface area contributed by atoms with Crippen molar-refractivity contribution in [1.29, 1.82) is 0 Å². The molecule has 0 saturated carbocycles. The summed E-state index contributed by atoms with van der Waals surface area (Å²) in [6.07, 6.45) is 7.38. The van der Waals surface area contributed by atoms with Crippen LogP contribution in [0, 0.1) is 0 Å². The fourth-order valence-corrected chi connectivity index (χ4v) is 2.21. The molecular formula is C15H25O4P. The highest BCUT2D eigenvalue weighted by atomic mass is 31.2. The van der Waals surface area contributed by atoms with Crippen LogP contribution in [0.15, 0.2) is 24.3 Å². The third kappa shape index (κ3) is 7.81. The zero-order chi connectivity index (χ0) is 14.6. The molecule has 0 aliphatic carbocycles. The van der Waals surface area contributed by atoms with Crippen molar-refractivity contribution in [2.24, 2.45) is 0 Å². The van der Waals surface area contributed by atoms with Crippen LogP contribution in [0.2, 0.25) is 0 Å². The third-order valence-electron chi connectivity index (χ3n) is 3.06. The van der Waals surface area contributed by atoms with Crippen molar-refractivity contribution in [3.05, 3.63) is 29.8 Å². The number of ether oxygens (including phenoxy) is 1. The first-order valence-electron chi connectivity index (χ1n) is 7.25. The minimum atomic E-state index is -2.32. The summed E-state index contributed by atoms with van der Waals surface area (Å²) in [5.74, 6) is 0.762. The molecule has 0 heterocycles. The largest absolute Gasteiger partial charge is 0.493 e. The van der Waals surface area contributed by atoms with Crippen LogP contribution in [-0.4, -0.2) is 16.4 Å². The highest BCUT2D eigenvalue weighted by molar-refractivity contribution is 7.39. The highest BCUT2D eigenvalue weighted by Gasteiger charge is 2.06. The quantitative estimate of drug-likeness (QED) is 0.476. The van der Waals surface area contributed by atoms with Crippen LogP contribution in [0.5, 0.6) is 5.75 Å². The van der Waals surface area contributed by atoms with Crippen LogP contribution >= 0.6 is 8.60 Å². The van der Waals surface area contributed by atoms with E-state index in [4.69, 9.17) is 19.0 Å². The second kappa shape index (κ2) is 11.0. The van der Waals surface area contributed by atoms with Gasteiger partial charge in [-0.15, -0.1) is 0 Å². The van der Waals surface area contributed by atoms with Crippen molar-refractivity contribution >= 4 is 8.60 Å². The number of unbranched alkanes of at least 4 members (excludes halogenated alkanes) is 5. The van der Waals surface area contributed by atoms with Gasteiger partial charge < -0.3 is 19.0 Å². The zero-order valence-corrected chi connectivity index (χ0v) is 13.0. The molecule has 1 aromatic rings. The third-order valence-corrected chi connectivity index (χ3v) is 3.42. The van der Waals surface area contributed by atoms with Crippen LogP contribution in [0.4, 0.5) is 0 Å². The van der Waals surface area contributed by atoms with E-state index in [1.807, 2.05) is 24.3 Å². The molecular weight excluding hydrogens is 275 g/mol. The highest BCUT2D eigenvalue weighted by Crippen LogP contribution is 2.29. The lowest BCUT2D eigenvalue weighted by atomic mass is 10.1. The SMILES string of the molecule is CCCCCCCCOc1ccccc1COP(O)O. The van der Waals surface area contributed by atoms with Gasteiger partial charge in [0.1, 0.15) is 5.75 Å². The molecule has 0 aromatic heterocycles. The summed E-state index contributed by atoms with van der Waals surface area (Å²) in [5.41, 5.74) is 0.842. The van der Waals surface area contributed by atoms with Gasteiger partial charge in [-0.2, -0.15) is 0 Å². The molecule has 0 spiro atoms. The fourth-order valence-electron chi connectivity index (χ4n) is 1.96. The Kier molecular flexibility index (Phi) is 9.60. The first kappa shape index (κ1) is 17.4. The maximum absolute atomic E-state index is 8.78. The van der Waals surface area contributed by atoms with E-state index in [0.29, 0.717) is 6.61 Å². The Hall–Kier alpha value is -0.670. The molecule has 0 radical (unpaired) electrons. The molecule has 0 atom stereocenters. The average Bonchev–Trinajstić information content (AvgIpc) is 2.45. The Morgan fingerprint density at radius 2 is 1.70 bits per heavy atom. The van der Waals surface area contributed by atoms with E-state index in [0.717, 1.165) is 17.7 Å². The summed E-state index contributed by atoms with van der Waals surface area (Å²) in [6, 6.07) is 7.54. The summed E-state index contributed by atoms with van der Waals surface area (Å²) in [7, 11) is -2.32. The van der Waals surface area contributed by atoms with Gasteiger partial charge in [0, 0.05) is 5.56 Å². The molecule has 1 aromatic carbocycles. The van der Waals surface area contributed by atoms with Gasteiger partial charge in [-0.1, -0.05) is 57.2 Å². The Morgan fingerprint density at radius 3 is 2.45 bits per heavy atom. The lowest BCUT2D eigenvalue weighted by Gasteiger charge is -2.11. The van der Waals surface area contributed by atoms with E-state index in [1.165, 1.54) is 32.1 Å². The summed E-state index contributed by atoms with van der Waals surface area (Å²) in [5, 5.41) is 0. The molecule has 0 aliphatic rings. The summed E-state index contributed by atoms with van der Waals surface area (Å²) in [4.78, 5) is 17.6. The van der Waals surface area contributed by atoms with E-state index < -0.39 is 8.60 Å². The topological polar surface area (TPSA) is 58.9 Å². The van der Waals surface area contributed by atoms with Gasteiger partial charge in [-0.3, -0.25) is 0 Å². The standard InChI is InChI=1S/C15H25O4P/c1-2-3-4-5-6-9-12-18-15-11-8-7-10-14(15)13-19-20(16)17/h7-8,10-11,16-17H,2-6,9,12-13H2,1H3. The second-order valence-electron chi connectivity index (χ2n) is 4.75. The molecule has 0 fully saturated rings. The van der Waals surface area contributed by atoms with Gasteiger partial charge in [-0.05, 0) is 12.5 Å². The molecule has 1 rings (SSSR count). The molecule has 2 N–H and O–H groups in total. The minimum Gasteiger partial charge on any atom is -0.493 e. The summed E-state index contributed by atoms with van der Waals surface area (Å²) >= 11 is 0. The number of rotatable bonds is 11. The smallest absolute Gasteiger partial charge is 0.327 e. The Bertz CT molecular complexity index is 357. The average molecular weight is 300 g/mol. The molecule has 4 nitrogen and oxygen atoms in total. The molecule has 0 saturated heterocycles. The predicted octanol–water partition coefficient (Wildman–Crippen LogP) is 4.15. The van der Waals surface area contributed by atoms with Gasteiger partial charge >= 0.3 is 8.60 Å². The molecule has 0 unspecified atom stereocenters. The molecule has 0 bridgehead atoms. The van der Waals surface area contributed by atoms with E-state index >= 15 is 0 Å². The minimum absolute atomic E-state index is 0.158. The molecule has 0 amide bonds. The normalized spacial score (nSPS) is 11.0. The fraction of sp³-hybridized carbons (Fsp3) is 0.600. The maximum Gasteiger partial charge on any atom is 0.327 e. The van der Waals surface area contributed by atoms with Crippen molar-refractivity contribution in [3.63, 3.8) is 0 Å². The summed E-state index contributed by atoms with van der Waals surface area (Å²) < 4.78 is 10.6. The van der Waals surface area contributed by atoms with E-state index in [1.54, 1.807) is 0 Å². The van der Waals surface area contributed by atoms with Gasteiger partial charge in [-0.25, -0.2) is 0 Å². The zero-order valence-electron chi connectivity index (χ0n) is 12.1. The Morgan fingerprint density at radius 1 is 1.00 bits per heavy atom. The number of benzene rings is 1. The van der Waals surface area contributed by atoms with Crippen molar-refractivity contribution in [2.45, 2.75) is 52.1 Å². The number of para-hydroxylation sites is 1. The van der Waals surface area contributed by atoms with E-state index in [-0.39, 0.29) is 6.61 Å². The molecule has 5 heteroatoms. The van der Waals surface area contributed by atoms with Crippen LogP contribution in [-0.2, 0) is 11.1 Å². The lowest BCUT2D eigenvalue weighted by molar-refractivity contribution is 0.237. The van der Waals surface area contributed by atoms with E-state index in [9.17, 15) is 0 Å². The van der Waals surface area contributed by atoms with Crippen LogP contribution in [0.25, 0.3) is 0 Å². The van der Waals surface area contributed by atoms with Gasteiger partial charge in [0.25, 0.3) is 0 Å². The second-order valence-corrected chi connectivity index (χ2v) is 5.51. The van der Waals surface area contributed by atoms with Crippen molar-refractivity contribution in [3.8, 4) is 5.75 Å². The monoisotopic (exact) mass is 300 g/mol. The van der Waals surface area contributed by atoms with Crippen LogP contribution in [0.1, 0.15) is 51.0 Å². The van der Waals surface area contributed by atoms with Gasteiger partial charge in [0.05, 0.1) is 13.2 Å². The lowest BCUT2D eigenvalue weighted by Crippen LogP contribution is -2.01. The van der Waals surface area contributed by atoms with Crippen molar-refractivity contribution in [1.82, 2.24) is 0 Å². The van der Waals surface area contributed by atoms with Gasteiger partial charge in [0.15, 0.2) is 0 Å². The summed E-state index contributed by atoms with van der Waals surface area (Å²) in [6.45, 7) is 3.06. The first-order chi connectivity index (χ1) is 9.74. The first-order valence-corrected chi connectivity index (χ1v) is 8.42. The number of hydrogen-bond acceptors (Lipinski definition) is 4. The Balaban J connectivity index is 2.25. The van der Waals surface area contributed by atoms with Crippen LogP contribution < -0.4 is 4.74 Å². The predicted molar refractivity (Wildman–Crippen MR) is 81.5 cm³/mol. The van der Waals surface area contributed by atoms with Crippen molar-refractivity contribution < 1.29 is 19.0 Å². The van der Waals surface area contributed by atoms with Crippen molar-refractivity contribution in [2.75, 3.05) is 6.61 Å². The van der Waals surface area contributed by atoms with Gasteiger partial charge in [0.2, 0.25) is 0 Å². The molecule has 114 valence electrons. The molecule has 20 heavy (non-hydrogen) atoms. The van der Waals surface area contributed by atoms with Crippen LogP contribution in [0.3, 0.4) is 0 Å². The Labute approximate surface area is 122 Å². The number of hydrogen-bond donors (Lipinski definition) is 2. The van der Waals surface area contributed by atoms with E-state index in [2.05, 4.69) is 6.92 Å².